The Labute approximate surface area is 867 Å². The van der Waals surface area contributed by atoms with Crippen molar-refractivity contribution in [2.75, 3.05) is 0 Å². The summed E-state index contributed by atoms with van der Waals surface area (Å²) in [5, 5.41) is 29.7. The third kappa shape index (κ3) is 15.8. The molecule has 0 saturated carbocycles. The molecule has 0 unspecified atom stereocenters. The maximum Gasteiger partial charge on any atom is 0.145 e. The van der Waals surface area contributed by atoms with Gasteiger partial charge in [0.2, 0.25) is 0 Å². The number of aromatic nitrogens is 5. The van der Waals surface area contributed by atoms with Gasteiger partial charge in [0, 0.05) is 51.2 Å². The molecule has 0 aliphatic carbocycles. The van der Waals surface area contributed by atoms with E-state index in [2.05, 4.69) is 548 Å². The highest BCUT2D eigenvalue weighted by molar-refractivity contribution is 6.26. The average molecular weight is 1910 g/mol. The summed E-state index contributed by atoms with van der Waals surface area (Å²) in [6.45, 7) is 0. The van der Waals surface area contributed by atoms with Crippen molar-refractivity contribution in [3.8, 4) is 134 Å². The fraction of sp³-hybridized carbons (Fsp3) is 0. The summed E-state index contributed by atoms with van der Waals surface area (Å²) in [4.78, 5) is 14.8. The summed E-state index contributed by atoms with van der Waals surface area (Å²) in [6.07, 6.45) is 3.91. The van der Waals surface area contributed by atoms with E-state index in [0.29, 0.717) is 0 Å². The van der Waals surface area contributed by atoms with Gasteiger partial charge in [-0.2, -0.15) is 0 Å². The number of hydrogen-bond donors (Lipinski definition) is 0. The first-order chi connectivity index (χ1) is 74.4. The normalized spacial score (nSPS) is 11.6. The molecule has 0 spiro atoms. The predicted octanol–water partition coefficient (Wildman–Crippen LogP) is 39.3. The molecule has 0 N–H and O–H groups in total. The fourth-order valence-electron chi connectivity index (χ4n) is 23.3. The van der Waals surface area contributed by atoms with Crippen molar-refractivity contribution in [2.45, 2.75) is 0 Å². The Hall–Kier alpha value is -19.9. The van der Waals surface area contributed by atoms with E-state index < -0.39 is 0 Å². The van der Waals surface area contributed by atoms with E-state index in [4.69, 9.17) is 9.97 Å². The molecule has 0 aliphatic rings. The summed E-state index contributed by atoms with van der Waals surface area (Å²) < 4.78 is 4.67. The Morgan fingerprint density at radius 1 is 0.140 bits per heavy atom. The van der Waals surface area contributed by atoms with E-state index in [0.717, 1.165) is 67.1 Å². The summed E-state index contributed by atoms with van der Waals surface area (Å²) in [5.74, 6) is 0.930. The minimum Gasteiger partial charge on any atom is -0.309 e. The molecule has 698 valence electrons. The van der Waals surface area contributed by atoms with Gasteiger partial charge >= 0.3 is 0 Å². The van der Waals surface area contributed by atoms with Crippen molar-refractivity contribution in [3.05, 3.63) is 564 Å². The SMILES string of the molecule is c1ccc(-c2c3ccccc3c(-c3ccc4ccccc4c3)c3ccc(-c4ccc(-n5c(-c6ccccc6)cc6ccccc65)cc4)cc23)cc1.c1ccc(-n2c(-c3ccc4c(-c5ccc6ccccc6c5)c5ccccc5c(-c5ccc6ccccc6c5)c4c3)nc3ccccc32)cc1.c1ccc2cc(-c3c4ccccc4c(-c4ccc5ccccc5c4)c4cc(-c5ccc(-c6cnc7ccccc7c6)nc5)ccc34)ccc2c1. The van der Waals surface area contributed by atoms with Crippen LogP contribution in [0.5, 0.6) is 0 Å². The van der Waals surface area contributed by atoms with E-state index in [9.17, 15) is 0 Å². The second-order valence-electron chi connectivity index (χ2n) is 39.1. The first-order valence-corrected chi connectivity index (χ1v) is 51.5. The quantitative estimate of drug-likeness (QED) is 0.108. The van der Waals surface area contributed by atoms with Crippen molar-refractivity contribution < 1.29 is 0 Å². The minimum atomic E-state index is 0.911. The van der Waals surface area contributed by atoms with Gasteiger partial charge < -0.3 is 4.57 Å². The molecule has 0 bridgehead atoms. The van der Waals surface area contributed by atoms with Crippen LogP contribution >= 0.6 is 0 Å². The van der Waals surface area contributed by atoms with Crippen LogP contribution in [0.1, 0.15) is 0 Å². The lowest BCUT2D eigenvalue weighted by Crippen LogP contribution is -1.98. The highest BCUT2D eigenvalue weighted by Gasteiger charge is 2.26. The molecule has 0 radical (unpaired) electrons. The Balaban J connectivity index is 0.000000108. The van der Waals surface area contributed by atoms with E-state index in [1.807, 2.05) is 30.6 Å². The number of nitrogens with zero attached hydrogens (tertiary/aromatic N) is 5. The number of pyridine rings is 2. The molecule has 5 nitrogen and oxygen atoms in total. The predicted molar refractivity (Wildman–Crippen MR) is 636 cm³/mol. The van der Waals surface area contributed by atoms with Crippen LogP contribution in [0.2, 0.25) is 0 Å². The molecule has 4 aromatic heterocycles. The number of rotatable bonds is 13. The van der Waals surface area contributed by atoms with Gasteiger partial charge in [-0.25, -0.2) is 4.98 Å². The molecule has 26 aromatic carbocycles. The summed E-state index contributed by atoms with van der Waals surface area (Å²) in [5.41, 5.74) is 31.4. The van der Waals surface area contributed by atoms with Gasteiger partial charge in [-0.1, -0.05) is 437 Å². The minimum absolute atomic E-state index is 0.911. The zero-order chi connectivity index (χ0) is 99.1. The van der Waals surface area contributed by atoms with Crippen LogP contribution in [0.4, 0.5) is 0 Å². The van der Waals surface area contributed by atoms with Crippen LogP contribution < -0.4 is 0 Å². The molecular formula is C145H93N5. The van der Waals surface area contributed by atoms with Crippen molar-refractivity contribution >= 4 is 151 Å². The molecule has 30 rings (SSSR count). The summed E-state index contributed by atoms with van der Waals surface area (Å²) >= 11 is 0. The van der Waals surface area contributed by atoms with Crippen molar-refractivity contribution in [1.29, 1.82) is 0 Å². The Bertz CT molecular complexity index is 10600. The average Bonchev–Trinajstić information content (AvgIpc) is 0.959. The van der Waals surface area contributed by atoms with Crippen LogP contribution in [0.3, 0.4) is 0 Å². The molecule has 4 heterocycles. The fourth-order valence-corrected chi connectivity index (χ4v) is 23.3. The summed E-state index contributed by atoms with van der Waals surface area (Å²) in [6, 6.07) is 200. The van der Waals surface area contributed by atoms with Crippen molar-refractivity contribution in [1.82, 2.24) is 24.1 Å². The van der Waals surface area contributed by atoms with E-state index in [-0.39, 0.29) is 0 Å². The van der Waals surface area contributed by atoms with Crippen LogP contribution in [-0.2, 0) is 0 Å². The Morgan fingerprint density at radius 2 is 0.440 bits per heavy atom. The van der Waals surface area contributed by atoms with Gasteiger partial charge in [-0.15, -0.1) is 0 Å². The molecule has 0 saturated heterocycles. The van der Waals surface area contributed by atoms with Gasteiger partial charge in [0.1, 0.15) is 5.82 Å². The monoisotopic (exact) mass is 1900 g/mol. The zero-order valence-electron chi connectivity index (χ0n) is 81.9. The number of fused-ring (bicyclic) bond motifs is 14. The number of para-hydroxylation sites is 5. The van der Waals surface area contributed by atoms with Crippen LogP contribution in [0, 0.1) is 0 Å². The molecule has 5 heteroatoms. The van der Waals surface area contributed by atoms with Gasteiger partial charge in [0.25, 0.3) is 0 Å². The van der Waals surface area contributed by atoms with Crippen LogP contribution in [-0.4, -0.2) is 24.1 Å². The highest BCUT2D eigenvalue weighted by atomic mass is 15.1. The molecule has 0 aliphatic heterocycles. The molecule has 0 amide bonds. The molecule has 30 aromatic rings. The number of benzene rings is 26. The van der Waals surface area contributed by atoms with Crippen LogP contribution in [0.15, 0.2) is 564 Å². The molecular weight excluding hydrogens is 1810 g/mol. The number of hydrogen-bond acceptors (Lipinski definition) is 3. The molecule has 0 fully saturated rings. The van der Waals surface area contributed by atoms with E-state index >= 15 is 0 Å². The van der Waals surface area contributed by atoms with Gasteiger partial charge in [-0.3, -0.25) is 14.5 Å². The van der Waals surface area contributed by atoms with E-state index in [1.54, 1.807) is 0 Å². The molecule has 0 atom stereocenters. The lowest BCUT2D eigenvalue weighted by atomic mass is 9.84. The van der Waals surface area contributed by atoms with E-state index in [1.165, 1.54) is 219 Å². The van der Waals surface area contributed by atoms with Crippen LogP contribution in [0.25, 0.3) is 286 Å². The zero-order valence-corrected chi connectivity index (χ0v) is 81.9. The van der Waals surface area contributed by atoms with Gasteiger partial charge in [0.05, 0.1) is 33.5 Å². The standard InChI is InChI=1S/C50H33N.C48H30N2.C47H30N2/c1-3-14-36(15-4-1)48-33-40-19-9-12-22-47(40)51(48)42-28-25-35(26-29-42)39-27-30-45-46(32-39)49(37-16-5-2-6-17-37)43-20-10-11-21-44(43)50(45)41-24-23-34-13-7-8-18-38(34)31-41;1-3-11-33-25-37(19-17-31(33)9-1)47-41-14-6-7-15-42(41)48(38-20-18-32-10-2-4-12-34(32)26-38)44-28-35(21-23-43(44)47)39-22-24-46(49-29-39)40-27-36-13-5-8-16-45(36)50-30-40;1-2-16-38(17-3-1)49-44-21-11-10-20-43(44)48-47(49)37-26-27-41-42(30-37)46(36-25-23-32-13-5-7-15-34(32)29-36)40-19-9-8-18-39(40)45(41)35-24-22-31-12-4-6-14-33(31)28-35/h1-33H;1-30H;1-30H. The first-order valence-electron chi connectivity index (χ1n) is 51.5. The third-order valence-electron chi connectivity index (χ3n) is 30.4. The molecule has 150 heavy (non-hydrogen) atoms. The summed E-state index contributed by atoms with van der Waals surface area (Å²) in [7, 11) is 0. The Kier molecular flexibility index (Phi) is 21.9. The Morgan fingerprint density at radius 3 is 0.880 bits per heavy atom. The second kappa shape index (κ2) is 37.4. The first kappa shape index (κ1) is 87.9. The second-order valence-corrected chi connectivity index (χ2v) is 39.1. The largest absolute Gasteiger partial charge is 0.309 e. The van der Waals surface area contributed by atoms with Crippen molar-refractivity contribution in [2.24, 2.45) is 0 Å². The lowest BCUT2D eigenvalue weighted by molar-refractivity contribution is 1.10. The van der Waals surface area contributed by atoms with Crippen molar-refractivity contribution in [3.63, 3.8) is 0 Å². The lowest BCUT2D eigenvalue weighted by Gasteiger charge is -2.19. The van der Waals surface area contributed by atoms with Gasteiger partial charge in [0.15, 0.2) is 0 Å². The third-order valence-corrected chi connectivity index (χ3v) is 30.4. The highest BCUT2D eigenvalue weighted by Crippen LogP contribution is 2.52. The smallest absolute Gasteiger partial charge is 0.145 e. The van der Waals surface area contributed by atoms with Gasteiger partial charge in [-0.05, 0) is 323 Å². The maximum absolute atomic E-state index is 5.25. The maximum atomic E-state index is 5.25. The number of imidazole rings is 1. The topological polar surface area (TPSA) is 48.5 Å².